The number of fused-ring (bicyclic) bond motifs is 1. The second-order valence-electron chi connectivity index (χ2n) is 6.68. The highest BCUT2D eigenvalue weighted by atomic mass is 16.5. The highest BCUT2D eigenvalue weighted by molar-refractivity contribution is 5.93. The minimum atomic E-state index is -0.222. The number of carbonyl (C=O) groups is 1. The lowest BCUT2D eigenvalue weighted by molar-refractivity contribution is -0.115. The van der Waals surface area contributed by atoms with E-state index in [0.717, 1.165) is 19.4 Å². The van der Waals surface area contributed by atoms with E-state index in [-0.39, 0.29) is 12.3 Å². The van der Waals surface area contributed by atoms with Crippen LogP contribution in [0.25, 0.3) is 0 Å². The number of methoxy groups -OCH3 is 1. The van der Waals surface area contributed by atoms with Crippen molar-refractivity contribution in [3.8, 4) is 5.75 Å². The number of aromatic nitrogens is 2. The molecule has 3 aromatic rings. The van der Waals surface area contributed by atoms with Gasteiger partial charge in [-0.3, -0.25) is 4.79 Å². The summed E-state index contributed by atoms with van der Waals surface area (Å²) in [5.41, 5.74) is 3.16. The Morgan fingerprint density at radius 3 is 2.93 bits per heavy atom. The van der Waals surface area contributed by atoms with E-state index in [4.69, 9.17) is 9.26 Å². The fourth-order valence-electron chi connectivity index (χ4n) is 3.45. The van der Waals surface area contributed by atoms with Crippen molar-refractivity contribution in [3.05, 3.63) is 65.8 Å². The molecule has 1 amide bonds. The molecule has 1 aromatic heterocycles. The van der Waals surface area contributed by atoms with Gasteiger partial charge in [0, 0.05) is 12.2 Å². The molecule has 0 spiro atoms. The Hall–Kier alpha value is -3.35. The Morgan fingerprint density at radius 2 is 2.04 bits per heavy atom. The first-order valence-electron chi connectivity index (χ1n) is 9.30. The quantitative estimate of drug-likeness (QED) is 0.709. The van der Waals surface area contributed by atoms with Gasteiger partial charge in [0.05, 0.1) is 25.8 Å². The fraction of sp³-hybridized carbons (Fsp3) is 0.286. The molecule has 0 saturated heterocycles. The van der Waals surface area contributed by atoms with Gasteiger partial charge in [-0.25, -0.2) is 0 Å². The van der Waals surface area contributed by atoms with Gasteiger partial charge in [-0.1, -0.05) is 35.5 Å². The molecule has 2 heterocycles. The minimum absolute atomic E-state index is 0.0398. The third-order valence-electron chi connectivity index (χ3n) is 4.74. The average Bonchev–Trinajstić information content (AvgIpc) is 3.15. The van der Waals surface area contributed by atoms with Gasteiger partial charge in [-0.15, -0.1) is 0 Å². The van der Waals surface area contributed by atoms with E-state index in [2.05, 4.69) is 38.6 Å². The third-order valence-corrected chi connectivity index (χ3v) is 4.74. The monoisotopic (exact) mass is 378 g/mol. The molecule has 144 valence electrons. The van der Waals surface area contributed by atoms with E-state index >= 15 is 0 Å². The fourth-order valence-corrected chi connectivity index (χ4v) is 3.45. The highest BCUT2D eigenvalue weighted by Crippen LogP contribution is 2.28. The second kappa shape index (κ2) is 8.12. The maximum Gasteiger partial charge on any atom is 0.246 e. The number of hydrogen-bond donors (Lipinski definition) is 1. The number of amides is 1. The van der Waals surface area contributed by atoms with Crippen molar-refractivity contribution in [3.63, 3.8) is 0 Å². The van der Waals surface area contributed by atoms with Gasteiger partial charge in [0.1, 0.15) is 5.75 Å². The SMILES string of the molecule is COc1ccccc1NC(=O)Cc1noc(CN2CCCc3ccccc32)n1. The molecular weight excluding hydrogens is 356 g/mol. The van der Waals surface area contributed by atoms with Crippen molar-refractivity contribution in [2.45, 2.75) is 25.8 Å². The lowest BCUT2D eigenvalue weighted by atomic mass is 10.0. The molecule has 0 radical (unpaired) electrons. The lowest BCUT2D eigenvalue weighted by Crippen LogP contribution is -2.28. The van der Waals surface area contributed by atoms with Crippen molar-refractivity contribution >= 4 is 17.3 Å². The minimum Gasteiger partial charge on any atom is -0.495 e. The predicted octanol–water partition coefficient (Wildman–Crippen LogP) is 3.21. The van der Waals surface area contributed by atoms with Crippen molar-refractivity contribution < 1.29 is 14.1 Å². The smallest absolute Gasteiger partial charge is 0.246 e. The summed E-state index contributed by atoms with van der Waals surface area (Å²) in [7, 11) is 1.56. The Balaban J connectivity index is 1.39. The first kappa shape index (κ1) is 18.0. The molecule has 0 bridgehead atoms. The number of aryl methyl sites for hydroxylation is 1. The van der Waals surface area contributed by atoms with Crippen LogP contribution in [0.15, 0.2) is 53.1 Å². The van der Waals surface area contributed by atoms with Crippen molar-refractivity contribution in [2.75, 3.05) is 23.9 Å². The summed E-state index contributed by atoms with van der Waals surface area (Å²) in [6.07, 6.45) is 2.22. The van der Waals surface area contributed by atoms with Crippen LogP contribution in [0.1, 0.15) is 23.7 Å². The van der Waals surface area contributed by atoms with Crippen molar-refractivity contribution in [2.24, 2.45) is 0 Å². The Kier molecular flexibility index (Phi) is 5.23. The molecule has 1 aliphatic heterocycles. The molecule has 7 nitrogen and oxygen atoms in total. The van der Waals surface area contributed by atoms with E-state index in [1.807, 2.05) is 18.2 Å². The summed E-state index contributed by atoms with van der Waals surface area (Å²) in [6, 6.07) is 15.6. The van der Waals surface area contributed by atoms with Crippen LogP contribution in [0, 0.1) is 0 Å². The maximum absolute atomic E-state index is 12.3. The summed E-state index contributed by atoms with van der Waals surface area (Å²) >= 11 is 0. The van der Waals surface area contributed by atoms with Gasteiger partial charge in [-0.05, 0) is 36.6 Å². The molecule has 4 rings (SSSR count). The van der Waals surface area contributed by atoms with Crippen LogP contribution >= 0.6 is 0 Å². The molecule has 0 fully saturated rings. The molecule has 0 unspecified atom stereocenters. The molecule has 0 atom stereocenters. The largest absolute Gasteiger partial charge is 0.495 e. The van der Waals surface area contributed by atoms with Gasteiger partial charge >= 0.3 is 0 Å². The van der Waals surface area contributed by atoms with E-state index in [9.17, 15) is 4.79 Å². The molecule has 0 aliphatic carbocycles. The summed E-state index contributed by atoms with van der Waals surface area (Å²) < 4.78 is 10.6. The molecular formula is C21H22N4O3. The Labute approximate surface area is 163 Å². The van der Waals surface area contributed by atoms with Gasteiger partial charge in [0.15, 0.2) is 5.82 Å². The number of para-hydroxylation sites is 3. The number of rotatable bonds is 6. The van der Waals surface area contributed by atoms with Crippen LogP contribution in [-0.2, 0) is 24.2 Å². The van der Waals surface area contributed by atoms with Crippen LogP contribution in [0.4, 0.5) is 11.4 Å². The van der Waals surface area contributed by atoms with Crippen LogP contribution < -0.4 is 15.0 Å². The summed E-state index contributed by atoms with van der Waals surface area (Å²) in [5.74, 6) is 1.26. The van der Waals surface area contributed by atoms with Crippen LogP contribution in [0.2, 0.25) is 0 Å². The molecule has 2 aromatic carbocycles. The molecule has 1 aliphatic rings. The number of benzene rings is 2. The van der Waals surface area contributed by atoms with Gasteiger partial charge < -0.3 is 19.5 Å². The van der Waals surface area contributed by atoms with Gasteiger partial charge in [0.2, 0.25) is 11.8 Å². The van der Waals surface area contributed by atoms with Crippen LogP contribution in [0.3, 0.4) is 0 Å². The summed E-state index contributed by atoms with van der Waals surface area (Å²) in [4.78, 5) is 18.9. The molecule has 1 N–H and O–H groups in total. The van der Waals surface area contributed by atoms with Gasteiger partial charge in [0.25, 0.3) is 0 Å². The number of nitrogens with one attached hydrogen (secondary N) is 1. The summed E-state index contributed by atoms with van der Waals surface area (Å²) in [6.45, 7) is 1.49. The topological polar surface area (TPSA) is 80.5 Å². The Morgan fingerprint density at radius 1 is 1.21 bits per heavy atom. The number of anilines is 2. The lowest BCUT2D eigenvalue weighted by Gasteiger charge is -2.29. The number of nitrogens with zero attached hydrogens (tertiary/aromatic N) is 3. The molecule has 0 saturated carbocycles. The van der Waals surface area contributed by atoms with Crippen molar-refractivity contribution in [1.82, 2.24) is 10.1 Å². The normalized spacial score (nSPS) is 13.1. The number of carbonyl (C=O) groups excluding carboxylic acids is 1. The van der Waals surface area contributed by atoms with E-state index < -0.39 is 0 Å². The summed E-state index contributed by atoms with van der Waals surface area (Å²) in [5, 5.41) is 6.77. The highest BCUT2D eigenvalue weighted by Gasteiger charge is 2.19. The van der Waals surface area contributed by atoms with Crippen LogP contribution in [-0.4, -0.2) is 29.7 Å². The van der Waals surface area contributed by atoms with Gasteiger partial charge in [-0.2, -0.15) is 4.98 Å². The van der Waals surface area contributed by atoms with E-state index in [0.29, 0.717) is 29.7 Å². The predicted molar refractivity (Wildman–Crippen MR) is 105 cm³/mol. The average molecular weight is 378 g/mol. The maximum atomic E-state index is 12.3. The van der Waals surface area contributed by atoms with Crippen LogP contribution in [0.5, 0.6) is 5.75 Å². The number of ether oxygens (including phenoxy) is 1. The first-order chi connectivity index (χ1) is 13.7. The zero-order valence-electron chi connectivity index (χ0n) is 15.7. The van der Waals surface area contributed by atoms with E-state index in [1.165, 1.54) is 11.3 Å². The molecule has 7 heteroatoms. The first-order valence-corrected chi connectivity index (χ1v) is 9.30. The zero-order valence-corrected chi connectivity index (χ0v) is 15.7. The standard InChI is InChI=1S/C21H22N4O3/c1-27-18-11-5-3-9-16(18)22-20(26)13-19-23-21(28-24-19)14-25-12-6-8-15-7-2-4-10-17(15)25/h2-5,7,9-11H,6,8,12-14H2,1H3,(H,22,26). The third kappa shape index (κ3) is 3.98. The molecule has 28 heavy (non-hydrogen) atoms. The van der Waals surface area contributed by atoms with E-state index in [1.54, 1.807) is 19.2 Å². The Bertz CT molecular complexity index is 970. The van der Waals surface area contributed by atoms with Crippen molar-refractivity contribution in [1.29, 1.82) is 0 Å². The zero-order chi connectivity index (χ0) is 19.3. The second-order valence-corrected chi connectivity index (χ2v) is 6.68. The number of hydrogen-bond acceptors (Lipinski definition) is 6.